The van der Waals surface area contributed by atoms with Crippen LogP contribution in [0.25, 0.3) is 0 Å². The highest BCUT2D eigenvalue weighted by Crippen LogP contribution is 2.34. The lowest BCUT2D eigenvalue weighted by Crippen LogP contribution is -2.19. The van der Waals surface area contributed by atoms with E-state index in [0.29, 0.717) is 11.3 Å². The molecule has 1 heterocycles. The molecule has 0 aliphatic rings. The smallest absolute Gasteiger partial charge is 0.491 e. The second-order valence-electron chi connectivity index (χ2n) is 3.13. The summed E-state index contributed by atoms with van der Waals surface area (Å²) in [6.07, 6.45) is -4.96. The Bertz CT molecular complexity index is 471. The number of alkyl halides is 4. The van der Waals surface area contributed by atoms with E-state index in [1.165, 1.54) is 13.2 Å². The number of rotatable bonds is 4. The van der Waals surface area contributed by atoms with E-state index in [1.54, 1.807) is 0 Å². The number of aromatic nitrogens is 1. The maximum atomic E-state index is 12.2. The Morgan fingerprint density at radius 3 is 2.61 bits per heavy atom. The molecule has 1 aromatic heterocycles. The summed E-state index contributed by atoms with van der Waals surface area (Å²) in [5.74, 6) is -0.870. The summed E-state index contributed by atoms with van der Waals surface area (Å²) in [4.78, 5) is 3.67. The number of halogens is 4. The van der Waals surface area contributed by atoms with Crippen LogP contribution in [0.1, 0.15) is 11.3 Å². The summed E-state index contributed by atoms with van der Waals surface area (Å²) >= 11 is 3.08. The number of nitriles is 1. The van der Waals surface area contributed by atoms with Crippen molar-refractivity contribution < 1.29 is 22.6 Å². The highest BCUT2D eigenvalue weighted by atomic mass is 79.9. The van der Waals surface area contributed by atoms with Gasteiger partial charge < -0.3 is 9.47 Å². The predicted octanol–water partition coefficient (Wildman–Crippen LogP) is 2.95. The molecule has 0 atom stereocenters. The molecule has 0 saturated carbocycles. The van der Waals surface area contributed by atoms with Gasteiger partial charge in [-0.1, -0.05) is 15.9 Å². The van der Waals surface area contributed by atoms with Gasteiger partial charge in [0, 0.05) is 10.9 Å². The summed E-state index contributed by atoms with van der Waals surface area (Å²) in [6, 6.07) is 3.33. The lowest BCUT2D eigenvalue weighted by atomic mass is 10.1. The van der Waals surface area contributed by atoms with E-state index >= 15 is 0 Å². The van der Waals surface area contributed by atoms with Gasteiger partial charge in [-0.05, 0) is 6.07 Å². The van der Waals surface area contributed by atoms with E-state index in [-0.39, 0.29) is 17.5 Å². The first-order valence-electron chi connectivity index (χ1n) is 4.66. The topological polar surface area (TPSA) is 55.1 Å². The van der Waals surface area contributed by atoms with E-state index in [2.05, 4.69) is 25.7 Å². The highest BCUT2D eigenvalue weighted by molar-refractivity contribution is 9.08. The molecule has 0 saturated heterocycles. The second-order valence-corrected chi connectivity index (χ2v) is 3.69. The molecule has 0 aliphatic carbocycles. The van der Waals surface area contributed by atoms with E-state index < -0.39 is 12.2 Å². The van der Waals surface area contributed by atoms with Gasteiger partial charge in [0.1, 0.15) is 0 Å². The van der Waals surface area contributed by atoms with Gasteiger partial charge in [0.2, 0.25) is 0 Å². The minimum Gasteiger partial charge on any atom is -0.491 e. The molecule has 0 spiro atoms. The number of pyridine rings is 1. The highest BCUT2D eigenvalue weighted by Gasteiger charge is 2.34. The average Bonchev–Trinajstić information content (AvgIpc) is 2.27. The van der Waals surface area contributed by atoms with Crippen LogP contribution in [0.15, 0.2) is 6.07 Å². The maximum absolute atomic E-state index is 12.2. The molecule has 0 radical (unpaired) electrons. The lowest BCUT2D eigenvalue weighted by Gasteiger charge is -2.14. The number of methoxy groups -OCH3 is 1. The molecule has 4 nitrogen and oxygen atoms in total. The van der Waals surface area contributed by atoms with E-state index in [1.807, 2.05) is 6.07 Å². The molecule has 0 amide bonds. The van der Waals surface area contributed by atoms with Gasteiger partial charge in [0.25, 0.3) is 5.88 Å². The lowest BCUT2D eigenvalue weighted by molar-refractivity contribution is -0.276. The number of hydrogen-bond donors (Lipinski definition) is 0. The molecule has 0 N–H and O–H groups in total. The van der Waals surface area contributed by atoms with Crippen molar-refractivity contribution in [2.24, 2.45) is 0 Å². The van der Waals surface area contributed by atoms with Crippen LogP contribution in [0, 0.1) is 11.3 Å². The Labute approximate surface area is 109 Å². The molecule has 8 heteroatoms. The largest absolute Gasteiger partial charge is 0.574 e. The van der Waals surface area contributed by atoms with Crippen molar-refractivity contribution in [1.82, 2.24) is 4.98 Å². The molecule has 0 aromatic carbocycles. The molecule has 18 heavy (non-hydrogen) atoms. The fourth-order valence-electron chi connectivity index (χ4n) is 1.30. The Morgan fingerprint density at radius 1 is 1.50 bits per heavy atom. The van der Waals surface area contributed by atoms with Gasteiger partial charge in [-0.15, -0.1) is 13.2 Å². The summed E-state index contributed by atoms with van der Waals surface area (Å²) in [6.45, 7) is 0. The second kappa shape index (κ2) is 5.91. The van der Waals surface area contributed by atoms with Crippen LogP contribution in [0.3, 0.4) is 0 Å². The van der Waals surface area contributed by atoms with Crippen LogP contribution in [0.4, 0.5) is 13.2 Å². The number of nitrogens with zero attached hydrogens (tertiary/aromatic N) is 2. The van der Waals surface area contributed by atoms with E-state index in [9.17, 15) is 13.2 Å². The van der Waals surface area contributed by atoms with Gasteiger partial charge >= 0.3 is 6.36 Å². The zero-order valence-corrected chi connectivity index (χ0v) is 10.8. The zero-order chi connectivity index (χ0) is 13.8. The Balaban J connectivity index is 3.29. The van der Waals surface area contributed by atoms with E-state index in [0.717, 1.165) is 0 Å². The van der Waals surface area contributed by atoms with Crippen molar-refractivity contribution >= 4 is 15.9 Å². The molecular weight excluding hydrogens is 317 g/mol. The Kier molecular flexibility index (Phi) is 4.78. The van der Waals surface area contributed by atoms with Crippen LogP contribution < -0.4 is 9.47 Å². The van der Waals surface area contributed by atoms with Crippen molar-refractivity contribution in [3.8, 4) is 17.7 Å². The van der Waals surface area contributed by atoms with Gasteiger partial charge in [-0.25, -0.2) is 4.98 Å². The van der Waals surface area contributed by atoms with Crippen LogP contribution >= 0.6 is 15.9 Å². The molecular formula is C10H8BrF3N2O2. The molecule has 1 aromatic rings. The van der Waals surface area contributed by atoms with Crippen LogP contribution in [0.5, 0.6) is 11.6 Å². The van der Waals surface area contributed by atoms with Gasteiger partial charge in [0.05, 0.1) is 25.3 Å². The molecule has 0 unspecified atom stereocenters. The third-order valence-corrected chi connectivity index (χ3v) is 2.47. The quantitative estimate of drug-likeness (QED) is 0.799. The SMILES string of the molecule is COc1c(CC#N)cc(CBr)nc1OC(F)(F)F. The van der Waals surface area contributed by atoms with Crippen molar-refractivity contribution in [3.63, 3.8) is 0 Å². The van der Waals surface area contributed by atoms with Gasteiger partial charge in [-0.3, -0.25) is 0 Å². The molecule has 0 bridgehead atoms. The Morgan fingerprint density at radius 2 is 2.17 bits per heavy atom. The Hall–Kier alpha value is -1.49. The maximum Gasteiger partial charge on any atom is 0.574 e. The molecule has 98 valence electrons. The van der Waals surface area contributed by atoms with Crippen molar-refractivity contribution in [2.45, 2.75) is 18.1 Å². The van der Waals surface area contributed by atoms with Crippen LogP contribution in [-0.2, 0) is 11.8 Å². The summed E-state index contributed by atoms with van der Waals surface area (Å²) < 4.78 is 45.3. The monoisotopic (exact) mass is 324 g/mol. The first-order valence-corrected chi connectivity index (χ1v) is 5.79. The first-order chi connectivity index (χ1) is 8.41. The standard InChI is InChI=1S/C10H8BrF3N2O2/c1-17-8-6(2-3-15)4-7(5-11)16-9(8)18-10(12,13)14/h4H,2,5H2,1H3. The average molecular weight is 325 g/mol. The number of hydrogen-bond acceptors (Lipinski definition) is 4. The first kappa shape index (κ1) is 14.6. The third-order valence-electron chi connectivity index (χ3n) is 1.89. The minimum absolute atomic E-state index is 0.0973. The van der Waals surface area contributed by atoms with Crippen LogP contribution in [-0.4, -0.2) is 18.5 Å². The van der Waals surface area contributed by atoms with Gasteiger partial charge in [0.15, 0.2) is 5.75 Å². The summed E-state index contributed by atoms with van der Waals surface area (Å²) in [5, 5.41) is 8.87. The van der Waals surface area contributed by atoms with Crippen molar-refractivity contribution in [3.05, 3.63) is 17.3 Å². The fourth-order valence-corrected chi connectivity index (χ4v) is 1.59. The molecule has 1 rings (SSSR count). The molecule has 0 fully saturated rings. The van der Waals surface area contributed by atoms with Crippen LogP contribution in [0.2, 0.25) is 0 Å². The molecule has 0 aliphatic heterocycles. The van der Waals surface area contributed by atoms with Crippen molar-refractivity contribution in [2.75, 3.05) is 7.11 Å². The van der Waals surface area contributed by atoms with Crippen molar-refractivity contribution in [1.29, 1.82) is 5.26 Å². The fraction of sp³-hybridized carbons (Fsp3) is 0.400. The third kappa shape index (κ3) is 3.77. The van der Waals surface area contributed by atoms with Gasteiger partial charge in [-0.2, -0.15) is 5.26 Å². The zero-order valence-electron chi connectivity index (χ0n) is 9.21. The van der Waals surface area contributed by atoms with E-state index in [4.69, 9.17) is 10.00 Å². The predicted molar refractivity (Wildman–Crippen MR) is 59.4 cm³/mol. The minimum atomic E-state index is -4.87. The normalized spacial score (nSPS) is 10.9. The summed E-state index contributed by atoms with van der Waals surface area (Å²) in [7, 11) is 1.19. The summed E-state index contributed by atoms with van der Waals surface area (Å²) in [5.41, 5.74) is 0.615. The number of ether oxygens (including phenoxy) is 2.